The van der Waals surface area contributed by atoms with Gasteiger partial charge in [0, 0.05) is 11.6 Å². The summed E-state index contributed by atoms with van der Waals surface area (Å²) in [6, 6.07) is 12.9. The molecule has 1 aliphatic rings. The molecule has 1 N–H and O–H groups in total. The van der Waals surface area contributed by atoms with Gasteiger partial charge in [-0.1, -0.05) is 30.3 Å². The monoisotopic (exact) mass is 269 g/mol. The molecule has 0 aliphatic heterocycles. The van der Waals surface area contributed by atoms with Crippen LogP contribution in [0.3, 0.4) is 0 Å². The molecular formula is C17H19NO2. The van der Waals surface area contributed by atoms with Crippen molar-refractivity contribution in [2.45, 2.75) is 12.5 Å². The second kappa shape index (κ2) is 5.17. The minimum atomic E-state index is 0.344. The molecule has 0 aromatic heterocycles. The van der Waals surface area contributed by atoms with Gasteiger partial charge in [-0.3, -0.25) is 0 Å². The Morgan fingerprint density at radius 3 is 2.55 bits per heavy atom. The van der Waals surface area contributed by atoms with Crippen molar-refractivity contribution in [1.29, 1.82) is 0 Å². The van der Waals surface area contributed by atoms with Gasteiger partial charge in [0.15, 0.2) is 11.5 Å². The van der Waals surface area contributed by atoms with Crippen LogP contribution in [0, 0.1) is 0 Å². The average Bonchev–Trinajstić information content (AvgIpc) is 2.52. The lowest BCUT2D eigenvalue weighted by molar-refractivity contribution is 0.355. The highest BCUT2D eigenvalue weighted by atomic mass is 16.5. The van der Waals surface area contributed by atoms with Gasteiger partial charge in [0.05, 0.1) is 14.2 Å². The summed E-state index contributed by atoms with van der Waals surface area (Å²) >= 11 is 0. The zero-order valence-electron chi connectivity index (χ0n) is 12.1. The van der Waals surface area contributed by atoms with Crippen LogP contribution in [0.5, 0.6) is 11.5 Å². The Morgan fingerprint density at radius 1 is 1.05 bits per heavy atom. The molecule has 3 rings (SSSR count). The van der Waals surface area contributed by atoms with Gasteiger partial charge in [0.2, 0.25) is 0 Å². The molecule has 0 saturated carbocycles. The second-order valence-electron chi connectivity index (χ2n) is 4.97. The Morgan fingerprint density at radius 2 is 1.85 bits per heavy atom. The Hall–Kier alpha value is -2.00. The van der Waals surface area contributed by atoms with Crippen LogP contribution in [0.1, 0.15) is 17.2 Å². The first-order valence-corrected chi connectivity index (χ1v) is 6.80. The predicted molar refractivity (Wildman–Crippen MR) is 80.5 cm³/mol. The van der Waals surface area contributed by atoms with Crippen molar-refractivity contribution in [3.05, 3.63) is 47.5 Å². The molecule has 1 atom stereocenters. The number of methoxy groups -OCH3 is 2. The van der Waals surface area contributed by atoms with Crippen molar-refractivity contribution in [3.63, 3.8) is 0 Å². The van der Waals surface area contributed by atoms with Crippen LogP contribution in [0.15, 0.2) is 36.4 Å². The van der Waals surface area contributed by atoms with Gasteiger partial charge in [-0.25, -0.2) is 0 Å². The molecule has 0 heterocycles. The quantitative estimate of drug-likeness (QED) is 0.928. The number of hydrogen-bond donors (Lipinski definition) is 1. The number of hydrogen-bond acceptors (Lipinski definition) is 3. The highest BCUT2D eigenvalue weighted by Gasteiger charge is 2.27. The van der Waals surface area contributed by atoms with Crippen LogP contribution in [-0.2, 0) is 6.42 Å². The molecule has 0 saturated heterocycles. The van der Waals surface area contributed by atoms with E-state index in [9.17, 15) is 0 Å². The summed E-state index contributed by atoms with van der Waals surface area (Å²) in [6.45, 7) is 0. The third-order valence-corrected chi connectivity index (χ3v) is 4.01. The lowest BCUT2D eigenvalue weighted by atomic mass is 9.82. The first kappa shape index (κ1) is 13.0. The summed E-state index contributed by atoms with van der Waals surface area (Å²) in [7, 11) is 5.38. The van der Waals surface area contributed by atoms with Crippen LogP contribution < -0.4 is 14.8 Å². The molecule has 0 bridgehead atoms. The van der Waals surface area contributed by atoms with E-state index in [1.807, 2.05) is 13.1 Å². The number of fused-ring (bicyclic) bond motifs is 3. The van der Waals surface area contributed by atoms with E-state index in [4.69, 9.17) is 9.47 Å². The fraction of sp³-hybridized carbons (Fsp3) is 0.294. The Balaban J connectivity index is 2.28. The molecule has 0 spiro atoms. The highest BCUT2D eigenvalue weighted by Crippen LogP contribution is 2.47. The van der Waals surface area contributed by atoms with Crippen molar-refractivity contribution in [2.24, 2.45) is 0 Å². The molecule has 0 radical (unpaired) electrons. The molecule has 104 valence electrons. The van der Waals surface area contributed by atoms with Crippen molar-refractivity contribution < 1.29 is 9.47 Å². The smallest absolute Gasteiger partial charge is 0.168 e. The van der Waals surface area contributed by atoms with Crippen molar-refractivity contribution in [2.75, 3.05) is 21.3 Å². The number of likely N-dealkylation sites (N-methyl/N-ethyl adjacent to an activating group) is 1. The third kappa shape index (κ3) is 1.86. The molecular weight excluding hydrogens is 250 g/mol. The van der Waals surface area contributed by atoms with E-state index in [1.54, 1.807) is 14.2 Å². The van der Waals surface area contributed by atoms with E-state index in [2.05, 4.69) is 35.6 Å². The van der Waals surface area contributed by atoms with Crippen LogP contribution >= 0.6 is 0 Å². The first-order valence-electron chi connectivity index (χ1n) is 6.80. The summed E-state index contributed by atoms with van der Waals surface area (Å²) in [5.74, 6) is 1.61. The van der Waals surface area contributed by atoms with E-state index >= 15 is 0 Å². The fourth-order valence-electron chi connectivity index (χ4n) is 3.05. The zero-order valence-corrected chi connectivity index (χ0v) is 12.1. The fourth-order valence-corrected chi connectivity index (χ4v) is 3.05. The van der Waals surface area contributed by atoms with Crippen molar-refractivity contribution in [1.82, 2.24) is 5.32 Å². The maximum Gasteiger partial charge on any atom is 0.168 e. The summed E-state index contributed by atoms with van der Waals surface area (Å²) in [5.41, 5.74) is 4.99. The predicted octanol–water partition coefficient (Wildman–Crippen LogP) is 3.19. The van der Waals surface area contributed by atoms with Crippen molar-refractivity contribution >= 4 is 0 Å². The normalized spacial score (nSPS) is 16.2. The third-order valence-electron chi connectivity index (χ3n) is 4.01. The molecule has 20 heavy (non-hydrogen) atoms. The van der Waals surface area contributed by atoms with Crippen LogP contribution in [-0.4, -0.2) is 21.3 Å². The number of ether oxygens (including phenoxy) is 2. The maximum absolute atomic E-state index is 5.61. The first-order chi connectivity index (χ1) is 9.80. The lowest BCUT2D eigenvalue weighted by Crippen LogP contribution is -2.23. The SMILES string of the molecule is CNC1Cc2ccc(OC)c(OC)c2-c2ccccc21. The molecule has 0 amide bonds. The molecule has 2 aromatic rings. The van der Waals surface area contributed by atoms with E-state index in [1.165, 1.54) is 16.7 Å². The molecule has 1 aliphatic carbocycles. The Bertz CT molecular complexity index is 637. The van der Waals surface area contributed by atoms with E-state index < -0.39 is 0 Å². The number of rotatable bonds is 3. The van der Waals surface area contributed by atoms with E-state index in [0.717, 1.165) is 23.5 Å². The Kier molecular flexibility index (Phi) is 3.36. The molecule has 0 fully saturated rings. The summed E-state index contributed by atoms with van der Waals surface area (Å²) in [4.78, 5) is 0. The second-order valence-corrected chi connectivity index (χ2v) is 4.97. The van der Waals surface area contributed by atoms with Crippen LogP contribution in [0.25, 0.3) is 11.1 Å². The summed E-state index contributed by atoms with van der Waals surface area (Å²) < 4.78 is 11.0. The van der Waals surface area contributed by atoms with Gasteiger partial charge in [-0.05, 0) is 36.2 Å². The van der Waals surface area contributed by atoms with E-state index in [0.29, 0.717) is 6.04 Å². The van der Waals surface area contributed by atoms with Gasteiger partial charge >= 0.3 is 0 Å². The average molecular weight is 269 g/mol. The minimum absolute atomic E-state index is 0.344. The largest absolute Gasteiger partial charge is 0.493 e. The van der Waals surface area contributed by atoms with Crippen molar-refractivity contribution in [3.8, 4) is 22.6 Å². The van der Waals surface area contributed by atoms with Gasteiger partial charge in [-0.2, -0.15) is 0 Å². The molecule has 2 aromatic carbocycles. The topological polar surface area (TPSA) is 30.5 Å². The molecule has 3 nitrogen and oxygen atoms in total. The van der Waals surface area contributed by atoms with Gasteiger partial charge < -0.3 is 14.8 Å². The molecule has 3 heteroatoms. The van der Waals surface area contributed by atoms with Gasteiger partial charge in [0.1, 0.15) is 0 Å². The Labute approximate surface area is 119 Å². The standard InChI is InChI=1S/C17H19NO2/c1-18-14-10-11-8-9-15(19-2)17(20-3)16(11)13-7-5-4-6-12(13)14/h4-9,14,18H,10H2,1-3H3. The minimum Gasteiger partial charge on any atom is -0.493 e. The summed E-state index contributed by atoms with van der Waals surface area (Å²) in [6.07, 6.45) is 0.962. The molecule has 1 unspecified atom stereocenters. The maximum atomic E-state index is 5.61. The van der Waals surface area contributed by atoms with E-state index in [-0.39, 0.29) is 0 Å². The van der Waals surface area contributed by atoms with Crippen LogP contribution in [0.4, 0.5) is 0 Å². The number of nitrogens with one attached hydrogen (secondary N) is 1. The van der Waals surface area contributed by atoms with Gasteiger partial charge in [0.25, 0.3) is 0 Å². The summed E-state index contributed by atoms with van der Waals surface area (Å²) in [5, 5.41) is 3.40. The van der Waals surface area contributed by atoms with Gasteiger partial charge in [-0.15, -0.1) is 0 Å². The highest BCUT2D eigenvalue weighted by molar-refractivity contribution is 5.81. The lowest BCUT2D eigenvalue weighted by Gasteiger charge is -2.29. The zero-order chi connectivity index (χ0) is 14.1. The number of benzene rings is 2. The van der Waals surface area contributed by atoms with Crippen LogP contribution in [0.2, 0.25) is 0 Å².